The van der Waals surface area contributed by atoms with Gasteiger partial charge in [0.15, 0.2) is 6.61 Å². The molecule has 5 nitrogen and oxygen atoms in total. The number of fused-ring (bicyclic) bond motifs is 1. The summed E-state index contributed by atoms with van der Waals surface area (Å²) in [6, 6.07) is 12.5. The van der Waals surface area contributed by atoms with Crippen molar-refractivity contribution in [1.82, 2.24) is 5.32 Å². The fraction of sp³-hybridized carbons (Fsp3) is 0.158. The average molecular weight is 357 g/mol. The van der Waals surface area contributed by atoms with Gasteiger partial charge in [-0.1, -0.05) is 29.8 Å². The first-order valence-electron chi connectivity index (χ1n) is 7.89. The molecule has 0 fully saturated rings. The van der Waals surface area contributed by atoms with E-state index >= 15 is 0 Å². The summed E-state index contributed by atoms with van der Waals surface area (Å²) in [5, 5.41) is 6.05. The summed E-state index contributed by atoms with van der Waals surface area (Å²) in [4.78, 5) is 23.6. The van der Waals surface area contributed by atoms with Gasteiger partial charge in [-0.15, -0.1) is 0 Å². The largest absolute Gasteiger partial charge is 0.484 e. The molecule has 2 N–H and O–H groups in total. The van der Waals surface area contributed by atoms with E-state index in [9.17, 15) is 9.59 Å². The molecule has 0 bridgehead atoms. The Morgan fingerprint density at radius 1 is 1.24 bits per heavy atom. The van der Waals surface area contributed by atoms with E-state index in [1.807, 2.05) is 31.2 Å². The lowest BCUT2D eigenvalue weighted by atomic mass is 10.0. The van der Waals surface area contributed by atoms with Gasteiger partial charge in [0.25, 0.3) is 11.8 Å². The molecule has 128 valence electrons. The molecule has 0 saturated carbocycles. The van der Waals surface area contributed by atoms with E-state index in [-0.39, 0.29) is 18.4 Å². The first-order chi connectivity index (χ1) is 12.1. The zero-order valence-corrected chi connectivity index (χ0v) is 14.4. The van der Waals surface area contributed by atoms with E-state index in [4.69, 9.17) is 16.3 Å². The molecule has 3 rings (SSSR count). The molecule has 0 saturated heterocycles. The Morgan fingerprint density at radius 2 is 2.00 bits per heavy atom. The molecule has 6 heteroatoms. The third kappa shape index (κ3) is 4.00. The third-order valence-corrected chi connectivity index (χ3v) is 3.93. The number of carbonyl (C=O) groups excluding carboxylic acids is 2. The zero-order valence-electron chi connectivity index (χ0n) is 13.6. The number of hydrogen-bond donors (Lipinski definition) is 2. The number of nitrogens with one attached hydrogen (secondary N) is 2. The maximum atomic E-state index is 12.2. The first-order valence-corrected chi connectivity index (χ1v) is 8.27. The van der Waals surface area contributed by atoms with E-state index in [1.54, 1.807) is 24.3 Å². The van der Waals surface area contributed by atoms with Crippen LogP contribution in [0.1, 0.15) is 18.1 Å². The molecule has 2 amide bonds. The molecule has 0 aromatic heterocycles. The molecule has 0 spiro atoms. The van der Waals surface area contributed by atoms with Crippen LogP contribution in [0.25, 0.3) is 11.6 Å². The second kappa shape index (κ2) is 7.40. The van der Waals surface area contributed by atoms with Crippen LogP contribution in [-0.4, -0.2) is 25.0 Å². The molecule has 0 atom stereocenters. The summed E-state index contributed by atoms with van der Waals surface area (Å²) in [6.07, 6.45) is 1.81. The first kappa shape index (κ1) is 17.0. The molecule has 2 aromatic rings. The minimum absolute atomic E-state index is 0.0230. The normalized spacial score (nSPS) is 14.2. The molecular formula is C19H17ClN2O3. The Hall–Kier alpha value is -2.79. The van der Waals surface area contributed by atoms with Gasteiger partial charge < -0.3 is 15.4 Å². The number of rotatable bonds is 5. The number of carbonyl (C=O) groups is 2. The maximum absolute atomic E-state index is 12.2. The number of amides is 2. The maximum Gasteiger partial charge on any atom is 0.257 e. The second-order valence-electron chi connectivity index (χ2n) is 5.51. The van der Waals surface area contributed by atoms with Crippen LogP contribution in [0, 0.1) is 0 Å². The lowest BCUT2D eigenvalue weighted by molar-refractivity contribution is -0.123. The van der Waals surface area contributed by atoms with Crippen LogP contribution < -0.4 is 15.4 Å². The summed E-state index contributed by atoms with van der Waals surface area (Å²) in [5.74, 6) is 0.275. The smallest absolute Gasteiger partial charge is 0.257 e. The number of ether oxygens (including phenoxy) is 1. The molecule has 0 aliphatic carbocycles. The highest BCUT2D eigenvalue weighted by atomic mass is 35.5. The van der Waals surface area contributed by atoms with E-state index in [2.05, 4.69) is 10.6 Å². The van der Waals surface area contributed by atoms with Gasteiger partial charge in [0.1, 0.15) is 5.75 Å². The standard InChI is InChI=1S/C19H17ClN2O3/c1-2-21-18(23)11-25-14-6-3-12(4-7-14)9-16-15-8-5-13(20)10-17(15)22-19(16)24/h3-10H,2,11H2,1H3,(H,21,23)(H,22,24)/b16-9-. The Labute approximate surface area is 150 Å². The number of benzene rings is 2. The minimum Gasteiger partial charge on any atom is -0.484 e. The van der Waals surface area contributed by atoms with Crippen LogP contribution in [0.2, 0.25) is 5.02 Å². The summed E-state index contributed by atoms with van der Waals surface area (Å²) in [7, 11) is 0. The Bertz CT molecular complexity index is 844. The van der Waals surface area contributed by atoms with E-state index in [0.717, 1.165) is 11.1 Å². The van der Waals surface area contributed by atoms with Crippen molar-refractivity contribution in [1.29, 1.82) is 0 Å². The quantitative estimate of drug-likeness (QED) is 0.807. The van der Waals surface area contributed by atoms with Crippen molar-refractivity contribution in [2.24, 2.45) is 0 Å². The van der Waals surface area contributed by atoms with Crippen LogP contribution in [0.15, 0.2) is 42.5 Å². The predicted octanol–water partition coefficient (Wildman–Crippen LogP) is 3.35. The van der Waals surface area contributed by atoms with Crippen LogP contribution in [-0.2, 0) is 9.59 Å². The number of hydrogen-bond acceptors (Lipinski definition) is 3. The molecule has 0 radical (unpaired) electrons. The fourth-order valence-electron chi connectivity index (χ4n) is 2.53. The van der Waals surface area contributed by atoms with E-state index in [1.165, 1.54) is 0 Å². The number of likely N-dealkylation sites (N-methyl/N-ethyl adjacent to an activating group) is 1. The predicted molar refractivity (Wildman–Crippen MR) is 98.6 cm³/mol. The minimum atomic E-state index is -0.161. The summed E-state index contributed by atoms with van der Waals surface area (Å²) in [6.45, 7) is 2.40. The van der Waals surface area contributed by atoms with Crippen molar-refractivity contribution in [3.63, 3.8) is 0 Å². The Morgan fingerprint density at radius 3 is 2.72 bits per heavy atom. The molecule has 2 aromatic carbocycles. The lowest BCUT2D eigenvalue weighted by Crippen LogP contribution is -2.28. The molecule has 1 heterocycles. The van der Waals surface area contributed by atoms with Gasteiger partial charge in [-0.3, -0.25) is 9.59 Å². The van der Waals surface area contributed by atoms with Crippen molar-refractivity contribution < 1.29 is 14.3 Å². The Kier molecular flexibility index (Phi) is 5.05. The van der Waals surface area contributed by atoms with Gasteiger partial charge in [-0.05, 0) is 42.8 Å². The lowest BCUT2D eigenvalue weighted by Gasteiger charge is -2.06. The van der Waals surface area contributed by atoms with Crippen molar-refractivity contribution in [3.05, 3.63) is 58.6 Å². The third-order valence-electron chi connectivity index (χ3n) is 3.70. The molecule has 1 aliphatic rings. The van der Waals surface area contributed by atoms with Crippen molar-refractivity contribution in [2.75, 3.05) is 18.5 Å². The summed E-state index contributed by atoms with van der Waals surface area (Å²) >= 11 is 5.95. The monoisotopic (exact) mass is 356 g/mol. The van der Waals surface area contributed by atoms with Gasteiger partial charge >= 0.3 is 0 Å². The molecular weight excluding hydrogens is 340 g/mol. The summed E-state index contributed by atoms with van der Waals surface area (Å²) in [5.41, 5.74) is 2.98. The van der Waals surface area contributed by atoms with Crippen LogP contribution in [0.3, 0.4) is 0 Å². The van der Waals surface area contributed by atoms with Crippen molar-refractivity contribution in [3.8, 4) is 5.75 Å². The summed E-state index contributed by atoms with van der Waals surface area (Å²) < 4.78 is 5.41. The van der Waals surface area contributed by atoms with E-state index in [0.29, 0.717) is 28.6 Å². The topological polar surface area (TPSA) is 67.4 Å². The van der Waals surface area contributed by atoms with Crippen LogP contribution in [0.5, 0.6) is 5.75 Å². The van der Waals surface area contributed by atoms with Crippen molar-refractivity contribution >= 4 is 40.8 Å². The van der Waals surface area contributed by atoms with E-state index < -0.39 is 0 Å². The SMILES string of the molecule is CCNC(=O)COc1ccc(/C=C2\C(=O)Nc3cc(Cl)ccc32)cc1. The van der Waals surface area contributed by atoms with Crippen LogP contribution >= 0.6 is 11.6 Å². The van der Waals surface area contributed by atoms with Gasteiger partial charge in [0, 0.05) is 22.7 Å². The highest BCUT2D eigenvalue weighted by Crippen LogP contribution is 2.34. The van der Waals surface area contributed by atoms with Gasteiger partial charge in [0.05, 0.1) is 5.69 Å². The zero-order chi connectivity index (χ0) is 17.8. The number of anilines is 1. The highest BCUT2D eigenvalue weighted by Gasteiger charge is 2.23. The van der Waals surface area contributed by atoms with Crippen molar-refractivity contribution in [2.45, 2.75) is 6.92 Å². The number of halogens is 1. The fourth-order valence-corrected chi connectivity index (χ4v) is 2.71. The molecule has 0 unspecified atom stereocenters. The molecule has 25 heavy (non-hydrogen) atoms. The second-order valence-corrected chi connectivity index (χ2v) is 5.95. The highest BCUT2D eigenvalue weighted by molar-refractivity contribution is 6.36. The molecule has 1 aliphatic heterocycles. The average Bonchev–Trinajstić information content (AvgIpc) is 2.89. The van der Waals surface area contributed by atoms with Crippen LogP contribution in [0.4, 0.5) is 5.69 Å². The van der Waals surface area contributed by atoms with Gasteiger partial charge in [-0.2, -0.15) is 0 Å². The van der Waals surface area contributed by atoms with Gasteiger partial charge in [-0.25, -0.2) is 0 Å². The van der Waals surface area contributed by atoms with Gasteiger partial charge in [0.2, 0.25) is 0 Å². The Balaban J connectivity index is 1.74.